The van der Waals surface area contributed by atoms with Gasteiger partial charge in [0.2, 0.25) is 0 Å². The topological polar surface area (TPSA) is 45.5 Å². The van der Waals surface area contributed by atoms with Crippen LogP contribution in [0, 0.1) is 0 Å². The van der Waals surface area contributed by atoms with Crippen molar-refractivity contribution in [3.8, 4) is 0 Å². The summed E-state index contributed by atoms with van der Waals surface area (Å²) < 4.78 is 5.45. The lowest BCUT2D eigenvalue weighted by Crippen LogP contribution is -2.23. The van der Waals surface area contributed by atoms with Crippen molar-refractivity contribution in [1.29, 1.82) is 0 Å². The fraction of sp³-hybridized carbons (Fsp3) is 0.526. The van der Waals surface area contributed by atoms with E-state index in [1.807, 2.05) is 6.07 Å². The van der Waals surface area contributed by atoms with Gasteiger partial charge in [0.05, 0.1) is 5.69 Å². The van der Waals surface area contributed by atoms with E-state index >= 15 is 0 Å². The first-order valence-electron chi connectivity index (χ1n) is 8.80. The van der Waals surface area contributed by atoms with E-state index in [-0.39, 0.29) is 5.63 Å². The average molecular weight is 314 g/mol. The number of nitrogens with one attached hydrogen (secondary N) is 1. The number of nitrogens with zero attached hydrogens (tertiary/aromatic N) is 1. The molecule has 124 valence electrons. The van der Waals surface area contributed by atoms with Crippen LogP contribution in [0.3, 0.4) is 0 Å². The van der Waals surface area contributed by atoms with Crippen LogP contribution in [0.1, 0.15) is 46.0 Å². The van der Waals surface area contributed by atoms with Gasteiger partial charge in [0, 0.05) is 42.3 Å². The lowest BCUT2D eigenvalue weighted by molar-refractivity contribution is 0.462. The quantitative estimate of drug-likeness (QED) is 0.832. The second-order valence-corrected chi connectivity index (χ2v) is 6.31. The summed E-state index contributed by atoms with van der Waals surface area (Å²) in [5, 5.41) is 4.56. The Labute approximate surface area is 137 Å². The molecule has 1 fully saturated rings. The largest absolute Gasteiger partial charge is 0.423 e. The van der Waals surface area contributed by atoms with Gasteiger partial charge in [-0.25, -0.2) is 4.79 Å². The zero-order valence-corrected chi connectivity index (χ0v) is 14.1. The fourth-order valence-corrected chi connectivity index (χ4v) is 3.52. The van der Waals surface area contributed by atoms with Crippen LogP contribution in [0.25, 0.3) is 11.0 Å². The molecular formula is C19H26N2O2. The molecular weight excluding hydrogens is 288 g/mol. The van der Waals surface area contributed by atoms with E-state index in [4.69, 9.17) is 4.42 Å². The Balaban J connectivity index is 1.96. The third kappa shape index (κ3) is 3.52. The molecule has 0 unspecified atom stereocenters. The van der Waals surface area contributed by atoms with Crippen molar-refractivity contribution >= 4 is 22.3 Å². The Morgan fingerprint density at radius 2 is 1.87 bits per heavy atom. The molecule has 1 aliphatic carbocycles. The molecule has 4 heteroatoms. The van der Waals surface area contributed by atoms with Gasteiger partial charge >= 0.3 is 5.63 Å². The molecule has 1 saturated carbocycles. The third-order valence-electron chi connectivity index (χ3n) is 4.82. The van der Waals surface area contributed by atoms with Crippen molar-refractivity contribution in [2.75, 3.05) is 23.3 Å². The summed E-state index contributed by atoms with van der Waals surface area (Å²) in [6, 6.07) is 8.22. The molecule has 2 aromatic rings. The van der Waals surface area contributed by atoms with E-state index in [9.17, 15) is 4.79 Å². The maximum absolute atomic E-state index is 11.9. The Kier molecular flexibility index (Phi) is 4.89. The number of fused-ring (bicyclic) bond motifs is 1. The Morgan fingerprint density at radius 1 is 1.13 bits per heavy atom. The molecule has 3 rings (SSSR count). The minimum Gasteiger partial charge on any atom is -0.423 e. The third-order valence-corrected chi connectivity index (χ3v) is 4.82. The van der Waals surface area contributed by atoms with Crippen LogP contribution in [0.4, 0.5) is 11.4 Å². The molecule has 0 saturated heterocycles. The Hall–Kier alpha value is -1.97. The molecule has 0 spiro atoms. The van der Waals surface area contributed by atoms with Crippen molar-refractivity contribution in [3.05, 3.63) is 34.7 Å². The normalized spacial score (nSPS) is 15.7. The van der Waals surface area contributed by atoms with Crippen molar-refractivity contribution < 1.29 is 4.42 Å². The van der Waals surface area contributed by atoms with E-state index in [2.05, 4.69) is 36.2 Å². The number of anilines is 2. The molecule has 0 aliphatic heterocycles. The lowest BCUT2D eigenvalue weighted by atomic mass is 9.95. The van der Waals surface area contributed by atoms with E-state index in [0.717, 1.165) is 29.9 Å². The highest BCUT2D eigenvalue weighted by Crippen LogP contribution is 2.29. The molecule has 1 aliphatic rings. The minimum absolute atomic E-state index is 0.285. The molecule has 4 nitrogen and oxygen atoms in total. The Morgan fingerprint density at radius 3 is 2.57 bits per heavy atom. The van der Waals surface area contributed by atoms with Gasteiger partial charge in [-0.1, -0.05) is 19.3 Å². The van der Waals surface area contributed by atoms with Gasteiger partial charge in [0.25, 0.3) is 0 Å². The summed E-state index contributed by atoms with van der Waals surface area (Å²) in [5.41, 5.74) is 2.39. The number of benzene rings is 1. The van der Waals surface area contributed by atoms with Crippen LogP contribution < -0.4 is 15.8 Å². The summed E-state index contributed by atoms with van der Waals surface area (Å²) in [4.78, 5) is 14.2. The monoisotopic (exact) mass is 314 g/mol. The summed E-state index contributed by atoms with van der Waals surface area (Å²) in [6.45, 7) is 6.13. The molecule has 1 aromatic carbocycles. The predicted octanol–water partition coefficient (Wildman–Crippen LogP) is 4.38. The highest BCUT2D eigenvalue weighted by molar-refractivity contribution is 5.91. The maximum atomic E-state index is 11.9. The molecule has 0 atom stereocenters. The van der Waals surface area contributed by atoms with Crippen LogP contribution in [-0.4, -0.2) is 19.1 Å². The summed E-state index contributed by atoms with van der Waals surface area (Å²) in [7, 11) is 0. The van der Waals surface area contributed by atoms with Crippen LogP contribution in [0.2, 0.25) is 0 Å². The highest BCUT2D eigenvalue weighted by Gasteiger charge is 2.15. The number of rotatable bonds is 5. The molecule has 1 N–H and O–H groups in total. The second kappa shape index (κ2) is 7.07. The molecule has 0 radical (unpaired) electrons. The maximum Gasteiger partial charge on any atom is 0.338 e. The first kappa shape index (κ1) is 15.9. The SMILES string of the molecule is CCN(CC)c1ccc2c(NC3CCCCC3)cc(=O)oc2c1. The first-order chi connectivity index (χ1) is 11.2. The first-order valence-corrected chi connectivity index (χ1v) is 8.80. The van der Waals surface area contributed by atoms with Crippen LogP contribution in [0.5, 0.6) is 0 Å². The van der Waals surface area contributed by atoms with E-state index in [1.54, 1.807) is 6.07 Å². The van der Waals surface area contributed by atoms with Gasteiger partial charge < -0.3 is 14.6 Å². The molecule has 0 amide bonds. The molecule has 1 heterocycles. The van der Waals surface area contributed by atoms with Crippen LogP contribution in [-0.2, 0) is 0 Å². The predicted molar refractivity (Wildman–Crippen MR) is 96.5 cm³/mol. The molecule has 0 bridgehead atoms. The summed E-state index contributed by atoms with van der Waals surface area (Å²) in [6.07, 6.45) is 6.22. The van der Waals surface area contributed by atoms with E-state index in [1.165, 1.54) is 32.1 Å². The van der Waals surface area contributed by atoms with E-state index < -0.39 is 0 Å². The zero-order chi connectivity index (χ0) is 16.2. The van der Waals surface area contributed by atoms with Crippen molar-refractivity contribution in [1.82, 2.24) is 0 Å². The smallest absolute Gasteiger partial charge is 0.338 e. The van der Waals surface area contributed by atoms with Crippen molar-refractivity contribution in [2.45, 2.75) is 52.0 Å². The van der Waals surface area contributed by atoms with E-state index in [0.29, 0.717) is 11.6 Å². The highest BCUT2D eigenvalue weighted by atomic mass is 16.4. The van der Waals surface area contributed by atoms with Gasteiger partial charge in [0.15, 0.2) is 0 Å². The van der Waals surface area contributed by atoms with Gasteiger partial charge in [-0.2, -0.15) is 0 Å². The summed E-state index contributed by atoms with van der Waals surface area (Å²) in [5.74, 6) is 0. The van der Waals surface area contributed by atoms with Gasteiger partial charge in [0.1, 0.15) is 5.58 Å². The fourth-order valence-electron chi connectivity index (χ4n) is 3.52. The van der Waals surface area contributed by atoms with Crippen molar-refractivity contribution in [3.63, 3.8) is 0 Å². The van der Waals surface area contributed by atoms with Gasteiger partial charge in [-0.3, -0.25) is 0 Å². The standard InChI is InChI=1S/C19H26N2O2/c1-3-21(4-2)15-10-11-16-17(13-19(22)23-18(16)12-15)20-14-8-6-5-7-9-14/h10-14,20H,3-9H2,1-2H3. The molecule has 23 heavy (non-hydrogen) atoms. The number of hydrogen-bond donors (Lipinski definition) is 1. The second-order valence-electron chi connectivity index (χ2n) is 6.31. The van der Waals surface area contributed by atoms with Crippen LogP contribution in [0.15, 0.2) is 33.5 Å². The lowest BCUT2D eigenvalue weighted by Gasteiger charge is -2.25. The molecule has 1 aromatic heterocycles. The Bertz CT molecular complexity index is 713. The number of hydrogen-bond acceptors (Lipinski definition) is 4. The minimum atomic E-state index is -0.285. The van der Waals surface area contributed by atoms with Gasteiger partial charge in [-0.15, -0.1) is 0 Å². The van der Waals surface area contributed by atoms with Gasteiger partial charge in [-0.05, 0) is 38.8 Å². The summed E-state index contributed by atoms with van der Waals surface area (Å²) >= 11 is 0. The average Bonchev–Trinajstić information content (AvgIpc) is 2.56. The zero-order valence-electron chi connectivity index (χ0n) is 14.1. The van der Waals surface area contributed by atoms with Crippen LogP contribution >= 0.6 is 0 Å². The van der Waals surface area contributed by atoms with Crippen molar-refractivity contribution in [2.24, 2.45) is 0 Å².